The van der Waals surface area contributed by atoms with Gasteiger partial charge in [-0.1, -0.05) is 0 Å². The van der Waals surface area contributed by atoms with Crippen LogP contribution in [0.3, 0.4) is 0 Å². The van der Waals surface area contributed by atoms with Crippen LogP contribution in [0, 0.1) is 39.5 Å². The van der Waals surface area contributed by atoms with Crippen molar-refractivity contribution in [3.63, 3.8) is 0 Å². The van der Waals surface area contributed by atoms with Gasteiger partial charge < -0.3 is 0 Å². The molecule has 0 aliphatic heterocycles. The third kappa shape index (κ3) is 20.0. The molecule has 508 valence electrons. The summed E-state index contributed by atoms with van der Waals surface area (Å²) < 4.78 is 16.3. The Hall–Kier alpha value is -4.35. The molecule has 0 amide bonds. The minimum atomic E-state index is -1.93. The first-order valence-corrected chi connectivity index (χ1v) is 66.6. The summed E-state index contributed by atoms with van der Waals surface area (Å²) in [5, 5.41) is 0. The SMILES string of the molecule is CCC(CC)Cc1c[n+](C)c(-c2ccccc2C)c[c]1[Ge]([CH3])([CH3])[CH3].Cc1ccccc1-c1c[c]([Ge]([CH3])([CH3])[CH3])c(C2CCCC2)c[n+]1C.Cc1ccccc1-c1c[c]([Ge]([CH3])([CH3])[CH3])c(C2CCCCC2)c[n+]1C.Cc1ccccc1-c1c[c]([Ge]([CH3])([CH3])[CH3])c(CC2CCCC2)c[n+]1C. The molecule has 3 saturated carbocycles. The zero-order chi connectivity index (χ0) is 69.2. The number of benzene rings is 4. The van der Waals surface area contributed by atoms with Crippen molar-refractivity contribution in [3.05, 3.63) is 191 Å². The minimum absolute atomic E-state index is 0.788. The van der Waals surface area contributed by atoms with Crippen LogP contribution in [0.25, 0.3) is 45.0 Å². The molecule has 3 aliphatic rings. The van der Waals surface area contributed by atoms with Gasteiger partial charge in [0.05, 0.1) is 0 Å². The Morgan fingerprint density at radius 3 is 0.937 bits per heavy atom. The van der Waals surface area contributed by atoms with Gasteiger partial charge in [0.1, 0.15) is 0 Å². The predicted octanol–water partition coefficient (Wildman–Crippen LogP) is 19.5. The second-order valence-corrected chi connectivity index (χ2v) is 75.8. The van der Waals surface area contributed by atoms with Crippen molar-refractivity contribution in [2.75, 3.05) is 0 Å². The Bertz CT molecular complexity index is 3730. The number of aryl methyl sites for hydroxylation is 8. The molecule has 4 nitrogen and oxygen atoms in total. The van der Waals surface area contributed by atoms with Gasteiger partial charge in [-0.2, -0.15) is 0 Å². The van der Waals surface area contributed by atoms with Gasteiger partial charge in [0.2, 0.25) is 0 Å². The molecule has 4 aromatic carbocycles. The summed E-state index contributed by atoms with van der Waals surface area (Å²) in [6.07, 6.45) is 33.2. The zero-order valence-electron chi connectivity index (χ0n) is 64.0. The van der Waals surface area contributed by atoms with E-state index in [1.54, 1.807) is 39.8 Å². The van der Waals surface area contributed by atoms with Crippen LogP contribution < -0.4 is 35.9 Å². The fourth-order valence-corrected chi connectivity index (χ4v) is 30.3. The van der Waals surface area contributed by atoms with Gasteiger partial charge in [-0.05, 0) is 0 Å². The third-order valence-electron chi connectivity index (χ3n) is 21.7. The molecule has 0 saturated heterocycles. The number of pyridine rings is 4. The Morgan fingerprint density at radius 2 is 0.621 bits per heavy atom. The van der Waals surface area contributed by atoms with E-state index in [1.807, 2.05) is 0 Å². The second kappa shape index (κ2) is 33.7. The number of aromatic nitrogens is 4. The van der Waals surface area contributed by atoms with Gasteiger partial charge >= 0.3 is 596 Å². The first kappa shape index (κ1) is 76.4. The van der Waals surface area contributed by atoms with Crippen LogP contribution in [0.4, 0.5) is 0 Å². The topological polar surface area (TPSA) is 15.5 Å². The molecule has 0 N–H and O–H groups in total. The van der Waals surface area contributed by atoms with Gasteiger partial charge in [0, 0.05) is 0 Å². The molecular formula is C87H128Ge4N4+4. The van der Waals surface area contributed by atoms with Crippen LogP contribution in [0.15, 0.2) is 146 Å². The number of nitrogens with zero attached hydrogens (tertiary/aromatic N) is 4. The summed E-state index contributed by atoms with van der Waals surface area (Å²) in [6, 6.07) is 45.2. The average molecular weight is 1520 g/mol. The standard InChI is InChI=1S/2C22H32GeN.C22H34GeN.C21H30GeN/c1-17-10-6-9-13-20(17)22-15-21(23(2,3)4)19(16-24(22)5)14-18-11-7-8-12-18;1-17-11-9-10-14-19(17)22-15-21(23(2,3)4)20(16-24(22)5)18-12-7-6-8-13-18;1-8-18(9-2)14-19-16-24(7)22(15-21(19)23(4,5)6)20-13-11-10-12-17(20)3;1-16-10-6-9-13-18(16)21-14-20(22(2,3)4)19(15-23(21)5)17-11-7-8-12-17/h6,9-10,13,15-16,18H,7-8,11-12,14H2,1-5H3;9-11,14-16,18H,6-8,12-13H2,1-5H3;10-13,15-16,18H,8-9,14H2,1-7H3;6,9-10,13-15,17H,7-8,11-12H2,1-5H3/q4*+1. The van der Waals surface area contributed by atoms with Gasteiger partial charge in [-0.25, -0.2) is 0 Å². The van der Waals surface area contributed by atoms with E-state index in [0.29, 0.717) is 0 Å². The van der Waals surface area contributed by atoms with E-state index in [9.17, 15) is 0 Å². The summed E-state index contributed by atoms with van der Waals surface area (Å²) >= 11 is -7.67. The van der Waals surface area contributed by atoms with E-state index < -0.39 is 53.1 Å². The molecule has 3 fully saturated rings. The Morgan fingerprint density at radius 1 is 0.347 bits per heavy atom. The van der Waals surface area contributed by atoms with Gasteiger partial charge in [-0.3, -0.25) is 0 Å². The number of hydrogen-bond donors (Lipinski definition) is 0. The molecule has 8 aromatic rings. The quantitative estimate of drug-likeness (QED) is 0.0677. The summed E-state index contributed by atoms with van der Waals surface area (Å²) in [4.78, 5) is 0. The maximum atomic E-state index is 2.55. The van der Waals surface area contributed by atoms with Gasteiger partial charge in [0.25, 0.3) is 0 Å². The normalized spacial score (nSPS) is 15.1. The number of rotatable bonds is 16. The van der Waals surface area contributed by atoms with Crippen LogP contribution in [0.5, 0.6) is 0 Å². The van der Waals surface area contributed by atoms with Crippen molar-refractivity contribution in [1.82, 2.24) is 0 Å². The van der Waals surface area contributed by atoms with E-state index in [2.05, 4.69) is 303 Å². The first-order chi connectivity index (χ1) is 44.9. The Kier molecular flexibility index (Phi) is 27.1. The summed E-state index contributed by atoms with van der Waals surface area (Å²) in [6.45, 7) is 13.5. The Labute approximate surface area is 591 Å². The molecule has 0 bridgehead atoms. The van der Waals surface area contributed by atoms with Crippen molar-refractivity contribution < 1.29 is 18.3 Å². The molecular weight excluding hydrogens is 1390 g/mol. The van der Waals surface area contributed by atoms with Crippen molar-refractivity contribution in [1.29, 1.82) is 0 Å². The van der Waals surface area contributed by atoms with Crippen LogP contribution >= 0.6 is 0 Å². The molecule has 11 rings (SSSR count). The zero-order valence-corrected chi connectivity index (χ0v) is 72.4. The van der Waals surface area contributed by atoms with Crippen LogP contribution in [-0.2, 0) is 41.0 Å². The molecule has 8 heteroatoms. The molecule has 0 spiro atoms. The molecule has 0 radical (unpaired) electrons. The number of hydrogen-bond acceptors (Lipinski definition) is 0. The van der Waals surface area contributed by atoms with E-state index in [4.69, 9.17) is 0 Å². The van der Waals surface area contributed by atoms with Gasteiger partial charge in [-0.15, -0.1) is 0 Å². The monoisotopic (exact) mass is 1520 g/mol. The molecule has 0 atom stereocenters. The van der Waals surface area contributed by atoms with E-state index >= 15 is 0 Å². The predicted molar refractivity (Wildman–Crippen MR) is 424 cm³/mol. The second-order valence-electron chi connectivity index (χ2n) is 33.5. The summed E-state index contributed by atoms with van der Waals surface area (Å²) in [5.41, 5.74) is 23.0. The molecule has 3 aliphatic carbocycles. The summed E-state index contributed by atoms with van der Waals surface area (Å²) in [5.74, 6) is 33.7. The molecule has 0 unspecified atom stereocenters. The van der Waals surface area contributed by atoms with Crippen molar-refractivity contribution in [2.24, 2.45) is 40.0 Å². The van der Waals surface area contributed by atoms with Crippen LogP contribution in [-0.4, -0.2) is 53.1 Å². The fraction of sp³-hybridized carbons (Fsp3) is 0.494. The van der Waals surface area contributed by atoms with Crippen LogP contribution in [0.2, 0.25) is 69.1 Å². The third-order valence-corrected chi connectivity index (χ3v) is 39.1. The average Bonchev–Trinajstić information content (AvgIpc) is 1.38. The Balaban J connectivity index is 0.000000162. The molecule has 4 aromatic heterocycles. The van der Waals surface area contributed by atoms with Crippen molar-refractivity contribution in [2.45, 2.75) is 232 Å². The summed E-state index contributed by atoms with van der Waals surface area (Å²) in [7, 11) is 8.88. The van der Waals surface area contributed by atoms with E-state index in [0.717, 1.165) is 23.7 Å². The first-order valence-electron chi connectivity index (χ1n) is 37.3. The van der Waals surface area contributed by atoms with Crippen LogP contribution in [0.1, 0.15) is 167 Å². The van der Waals surface area contributed by atoms with Gasteiger partial charge in [0.15, 0.2) is 0 Å². The molecule has 95 heavy (non-hydrogen) atoms. The van der Waals surface area contributed by atoms with E-state index in [1.165, 1.54) is 176 Å². The van der Waals surface area contributed by atoms with Crippen molar-refractivity contribution in [3.8, 4) is 45.0 Å². The maximum absolute atomic E-state index is 2.55. The van der Waals surface area contributed by atoms with E-state index in [-0.39, 0.29) is 0 Å². The fourth-order valence-electron chi connectivity index (χ4n) is 16.0. The molecule has 4 heterocycles. The van der Waals surface area contributed by atoms with Crippen molar-refractivity contribution >= 4 is 70.6 Å².